The second-order valence-corrected chi connectivity index (χ2v) is 8.02. The highest BCUT2D eigenvalue weighted by molar-refractivity contribution is 5.79. The third-order valence-corrected chi connectivity index (χ3v) is 6.06. The van der Waals surface area contributed by atoms with Crippen molar-refractivity contribution in [2.75, 3.05) is 56.0 Å². The number of rotatable bonds is 5. The second kappa shape index (κ2) is 8.97. The van der Waals surface area contributed by atoms with Crippen molar-refractivity contribution in [3.63, 3.8) is 0 Å². The van der Waals surface area contributed by atoms with Crippen molar-refractivity contribution in [2.24, 2.45) is 5.92 Å². The van der Waals surface area contributed by atoms with E-state index in [1.54, 1.807) is 0 Å². The topological polar surface area (TPSA) is 89.1 Å². The predicted molar refractivity (Wildman–Crippen MR) is 114 cm³/mol. The van der Waals surface area contributed by atoms with Crippen molar-refractivity contribution >= 4 is 17.5 Å². The van der Waals surface area contributed by atoms with E-state index in [1.807, 2.05) is 30.3 Å². The Morgan fingerprint density at radius 1 is 0.935 bits per heavy atom. The molecular formula is C22H27N5O4. The molecule has 0 spiro atoms. The molecular weight excluding hydrogens is 398 g/mol. The second-order valence-electron chi connectivity index (χ2n) is 8.02. The number of fused-ring (bicyclic) bond motifs is 1. The monoisotopic (exact) mass is 425 g/mol. The number of hydrogen-bond acceptors (Lipinski definition) is 8. The highest BCUT2D eigenvalue weighted by Crippen LogP contribution is 2.32. The Balaban J connectivity index is 1.10. The number of nitrogens with zero attached hydrogens (tertiary/aromatic N) is 4. The molecule has 3 aliphatic heterocycles. The van der Waals surface area contributed by atoms with Gasteiger partial charge in [0.1, 0.15) is 0 Å². The van der Waals surface area contributed by atoms with Gasteiger partial charge in [-0.2, -0.15) is 0 Å². The van der Waals surface area contributed by atoms with E-state index in [4.69, 9.17) is 14.2 Å². The molecule has 0 radical (unpaired) electrons. The first-order valence-electron chi connectivity index (χ1n) is 10.8. The molecule has 0 atom stereocenters. The van der Waals surface area contributed by atoms with Gasteiger partial charge in [0.05, 0.1) is 13.2 Å². The zero-order valence-corrected chi connectivity index (χ0v) is 17.5. The fraction of sp³-hybridized carbons (Fsp3) is 0.500. The first-order valence-corrected chi connectivity index (χ1v) is 10.8. The first-order chi connectivity index (χ1) is 15.3. The molecule has 0 aliphatic carbocycles. The lowest BCUT2D eigenvalue weighted by Gasteiger charge is -2.32. The molecule has 1 aromatic heterocycles. The van der Waals surface area contributed by atoms with Crippen molar-refractivity contribution in [3.05, 3.63) is 35.9 Å². The van der Waals surface area contributed by atoms with Crippen LogP contribution in [0.2, 0.25) is 0 Å². The lowest BCUT2D eigenvalue weighted by Crippen LogP contribution is -2.41. The number of carbonyl (C=O) groups is 1. The summed E-state index contributed by atoms with van der Waals surface area (Å²) in [5.74, 6) is 3.38. The Morgan fingerprint density at radius 2 is 1.61 bits per heavy atom. The summed E-state index contributed by atoms with van der Waals surface area (Å²) in [4.78, 5) is 17.0. The fourth-order valence-corrected chi connectivity index (χ4v) is 4.20. The van der Waals surface area contributed by atoms with Crippen molar-refractivity contribution in [1.29, 1.82) is 0 Å². The van der Waals surface area contributed by atoms with Gasteiger partial charge in [0, 0.05) is 38.6 Å². The molecule has 4 heterocycles. The molecule has 5 rings (SSSR count). The summed E-state index contributed by atoms with van der Waals surface area (Å²) in [6.07, 6.45) is 1.61. The van der Waals surface area contributed by atoms with E-state index in [2.05, 4.69) is 25.3 Å². The number of piperidine rings is 1. The van der Waals surface area contributed by atoms with Crippen LogP contribution in [0.5, 0.6) is 11.5 Å². The van der Waals surface area contributed by atoms with Crippen LogP contribution in [0.25, 0.3) is 0 Å². The first kappa shape index (κ1) is 19.9. The number of ether oxygens (including phenoxy) is 3. The van der Waals surface area contributed by atoms with Crippen LogP contribution in [0.15, 0.2) is 30.3 Å². The van der Waals surface area contributed by atoms with Crippen molar-refractivity contribution < 1.29 is 19.0 Å². The summed E-state index contributed by atoms with van der Waals surface area (Å²) >= 11 is 0. The van der Waals surface area contributed by atoms with Gasteiger partial charge in [-0.05, 0) is 42.7 Å². The molecule has 2 fully saturated rings. The van der Waals surface area contributed by atoms with Crippen LogP contribution in [0.3, 0.4) is 0 Å². The van der Waals surface area contributed by atoms with Crippen LogP contribution in [-0.2, 0) is 16.1 Å². The van der Waals surface area contributed by atoms with E-state index in [0.717, 1.165) is 80.9 Å². The molecule has 164 valence electrons. The third kappa shape index (κ3) is 4.51. The Hall–Kier alpha value is -3.07. The van der Waals surface area contributed by atoms with Gasteiger partial charge in [-0.25, -0.2) is 0 Å². The average Bonchev–Trinajstić information content (AvgIpc) is 3.31. The smallest absolute Gasteiger partial charge is 0.231 e. The number of aromatic nitrogens is 2. The zero-order chi connectivity index (χ0) is 21.0. The summed E-state index contributed by atoms with van der Waals surface area (Å²) in [5.41, 5.74) is 1.01. The molecule has 1 aromatic carbocycles. The summed E-state index contributed by atoms with van der Waals surface area (Å²) in [5, 5.41) is 11.9. The van der Waals surface area contributed by atoms with Gasteiger partial charge in [-0.15, -0.1) is 10.2 Å². The predicted octanol–water partition coefficient (Wildman–Crippen LogP) is 1.57. The number of hydrogen-bond donors (Lipinski definition) is 1. The van der Waals surface area contributed by atoms with Crippen molar-refractivity contribution in [3.8, 4) is 11.5 Å². The van der Waals surface area contributed by atoms with Crippen LogP contribution >= 0.6 is 0 Å². The Morgan fingerprint density at radius 3 is 2.32 bits per heavy atom. The summed E-state index contributed by atoms with van der Waals surface area (Å²) in [6.45, 7) is 5.50. The molecule has 9 nitrogen and oxygen atoms in total. The molecule has 9 heteroatoms. The Labute approximate surface area is 181 Å². The minimum absolute atomic E-state index is 0.0193. The molecule has 1 amide bonds. The van der Waals surface area contributed by atoms with Gasteiger partial charge in [-0.3, -0.25) is 4.79 Å². The van der Waals surface area contributed by atoms with E-state index < -0.39 is 0 Å². The molecule has 2 saturated heterocycles. The van der Waals surface area contributed by atoms with Crippen molar-refractivity contribution in [2.45, 2.75) is 19.4 Å². The van der Waals surface area contributed by atoms with Crippen LogP contribution in [0.4, 0.5) is 11.6 Å². The van der Waals surface area contributed by atoms with E-state index in [0.29, 0.717) is 6.54 Å². The maximum absolute atomic E-state index is 12.6. The van der Waals surface area contributed by atoms with Gasteiger partial charge in [0.2, 0.25) is 12.7 Å². The summed E-state index contributed by atoms with van der Waals surface area (Å²) in [6, 6.07) is 9.81. The van der Waals surface area contributed by atoms with Gasteiger partial charge < -0.3 is 29.3 Å². The Bertz CT molecular complexity index is 909. The quantitative estimate of drug-likeness (QED) is 0.772. The van der Waals surface area contributed by atoms with Gasteiger partial charge in [-0.1, -0.05) is 6.07 Å². The number of benzene rings is 1. The maximum atomic E-state index is 12.6. The van der Waals surface area contributed by atoms with E-state index >= 15 is 0 Å². The number of morpholine rings is 1. The normalized spacial score (nSPS) is 18.8. The Kier molecular flexibility index (Phi) is 5.75. The van der Waals surface area contributed by atoms with Crippen LogP contribution in [-0.4, -0.2) is 62.3 Å². The molecule has 0 unspecified atom stereocenters. The summed E-state index contributed by atoms with van der Waals surface area (Å²) < 4.78 is 16.1. The molecule has 0 bridgehead atoms. The summed E-state index contributed by atoms with van der Waals surface area (Å²) in [7, 11) is 0. The lowest BCUT2D eigenvalue weighted by atomic mass is 9.96. The minimum Gasteiger partial charge on any atom is -0.454 e. The van der Waals surface area contributed by atoms with Gasteiger partial charge >= 0.3 is 0 Å². The lowest BCUT2D eigenvalue weighted by molar-refractivity contribution is -0.125. The maximum Gasteiger partial charge on any atom is 0.231 e. The molecule has 1 N–H and O–H groups in total. The average molecular weight is 425 g/mol. The largest absolute Gasteiger partial charge is 0.454 e. The molecule has 0 saturated carbocycles. The number of nitrogens with one attached hydrogen (secondary N) is 1. The fourth-order valence-electron chi connectivity index (χ4n) is 4.20. The van der Waals surface area contributed by atoms with Crippen LogP contribution < -0.4 is 24.6 Å². The number of amides is 1. The molecule has 3 aliphatic rings. The standard InChI is InChI=1S/C22H27N5O4/c28-22(23-14-16-1-2-18-19(13-16)31-15-30-18)17-5-7-26(8-6-17)20-3-4-21(25-24-20)27-9-11-29-12-10-27/h1-4,13,17H,5-12,14-15H2,(H,23,28). The SMILES string of the molecule is O=C(NCc1ccc2c(c1)OCO2)C1CCN(c2ccc(N3CCOCC3)nn2)CC1. The highest BCUT2D eigenvalue weighted by Gasteiger charge is 2.26. The molecule has 2 aromatic rings. The van der Waals surface area contributed by atoms with Gasteiger partial charge in [0.15, 0.2) is 23.1 Å². The van der Waals surface area contributed by atoms with E-state index in [-0.39, 0.29) is 18.6 Å². The van der Waals surface area contributed by atoms with Gasteiger partial charge in [0.25, 0.3) is 0 Å². The minimum atomic E-state index is 0.0193. The molecule has 31 heavy (non-hydrogen) atoms. The van der Waals surface area contributed by atoms with E-state index in [1.165, 1.54) is 0 Å². The number of carbonyl (C=O) groups excluding carboxylic acids is 1. The number of anilines is 2. The van der Waals surface area contributed by atoms with Crippen LogP contribution in [0.1, 0.15) is 18.4 Å². The van der Waals surface area contributed by atoms with Crippen LogP contribution in [0, 0.1) is 5.92 Å². The zero-order valence-electron chi connectivity index (χ0n) is 17.5. The highest BCUT2D eigenvalue weighted by atomic mass is 16.7. The van der Waals surface area contributed by atoms with Crippen molar-refractivity contribution in [1.82, 2.24) is 15.5 Å². The van der Waals surface area contributed by atoms with E-state index in [9.17, 15) is 4.79 Å². The third-order valence-electron chi connectivity index (χ3n) is 6.06.